The Kier molecular flexibility index (Phi) is 9.19. The number of ether oxygens (including phenoxy) is 1. The molecule has 3 aromatic carbocycles. The van der Waals surface area contributed by atoms with Gasteiger partial charge in [0.25, 0.3) is 5.56 Å². The van der Waals surface area contributed by atoms with Crippen molar-refractivity contribution in [2.75, 3.05) is 12.4 Å². The largest absolute Gasteiger partial charge is 0.469 e. The van der Waals surface area contributed by atoms with Crippen molar-refractivity contribution in [3.63, 3.8) is 0 Å². The van der Waals surface area contributed by atoms with Crippen LogP contribution in [0.5, 0.6) is 0 Å². The number of hydrogen-bond donors (Lipinski definition) is 1. The molecule has 1 saturated carbocycles. The lowest BCUT2D eigenvalue weighted by atomic mass is 9.83. The maximum absolute atomic E-state index is 13.8. The van der Waals surface area contributed by atoms with E-state index in [0.717, 1.165) is 53.6 Å². The predicted octanol–water partition coefficient (Wildman–Crippen LogP) is 6.61. The molecule has 1 aliphatic rings. The van der Waals surface area contributed by atoms with Gasteiger partial charge in [-0.25, -0.2) is 4.68 Å². The molecular weight excluding hydrogens is 538 g/mol. The predicted molar refractivity (Wildman–Crippen MR) is 169 cm³/mol. The van der Waals surface area contributed by atoms with E-state index in [2.05, 4.69) is 10.4 Å². The number of rotatable bonds is 10. The molecule has 43 heavy (non-hydrogen) atoms. The molecule has 5 rings (SSSR count). The third kappa shape index (κ3) is 7.28. The van der Waals surface area contributed by atoms with Crippen LogP contribution in [0.25, 0.3) is 11.3 Å². The van der Waals surface area contributed by atoms with E-state index in [-0.39, 0.29) is 29.3 Å². The van der Waals surface area contributed by atoms with Crippen LogP contribution in [0.15, 0.2) is 95.8 Å². The summed E-state index contributed by atoms with van der Waals surface area (Å²) in [6.45, 7) is 4.06. The molecule has 1 amide bonds. The highest BCUT2D eigenvalue weighted by Crippen LogP contribution is 2.38. The number of carbonyl (C=O) groups is 2. The highest BCUT2D eigenvalue weighted by atomic mass is 16.5. The van der Waals surface area contributed by atoms with Crippen molar-refractivity contribution < 1.29 is 14.3 Å². The quantitative estimate of drug-likeness (QED) is 0.214. The van der Waals surface area contributed by atoms with Gasteiger partial charge in [-0.1, -0.05) is 79.6 Å². The van der Waals surface area contributed by atoms with Crippen molar-refractivity contribution >= 4 is 17.6 Å². The van der Waals surface area contributed by atoms with Crippen molar-refractivity contribution in [2.24, 2.45) is 11.3 Å². The molecule has 0 bridgehead atoms. The molecule has 1 atom stereocenters. The van der Waals surface area contributed by atoms with Gasteiger partial charge in [0.05, 0.1) is 30.7 Å². The Labute approximate surface area is 252 Å². The summed E-state index contributed by atoms with van der Waals surface area (Å²) in [5.41, 5.74) is 4.44. The van der Waals surface area contributed by atoms with Crippen LogP contribution in [0, 0.1) is 11.3 Å². The number of amides is 1. The average Bonchev–Trinajstić information content (AvgIpc) is 3.53. The van der Waals surface area contributed by atoms with Gasteiger partial charge in [0.1, 0.15) is 0 Å². The number of methoxy groups -OCH3 is 1. The van der Waals surface area contributed by atoms with Crippen molar-refractivity contribution in [1.29, 1.82) is 0 Å². The van der Waals surface area contributed by atoms with Gasteiger partial charge in [0.15, 0.2) is 0 Å². The number of nitrogens with zero attached hydrogens (tertiary/aromatic N) is 2. The van der Waals surface area contributed by atoms with E-state index in [1.54, 1.807) is 12.1 Å². The van der Waals surface area contributed by atoms with E-state index >= 15 is 0 Å². The Bertz CT molecular complexity index is 1620. The molecule has 7 heteroatoms. The summed E-state index contributed by atoms with van der Waals surface area (Å²) in [4.78, 5) is 38.6. The lowest BCUT2D eigenvalue weighted by Crippen LogP contribution is -2.28. The molecule has 7 nitrogen and oxygen atoms in total. The molecule has 0 radical (unpaired) electrons. The van der Waals surface area contributed by atoms with Crippen LogP contribution in [0.3, 0.4) is 0 Å². The van der Waals surface area contributed by atoms with E-state index < -0.39 is 5.41 Å². The average molecular weight is 578 g/mol. The maximum atomic E-state index is 13.8. The van der Waals surface area contributed by atoms with E-state index in [4.69, 9.17) is 4.74 Å². The van der Waals surface area contributed by atoms with Gasteiger partial charge in [0.2, 0.25) is 5.91 Å². The minimum absolute atomic E-state index is 0.0301. The Morgan fingerprint density at radius 2 is 1.65 bits per heavy atom. The number of aromatic nitrogens is 2. The monoisotopic (exact) mass is 577 g/mol. The zero-order valence-electron chi connectivity index (χ0n) is 25.1. The van der Waals surface area contributed by atoms with Gasteiger partial charge < -0.3 is 10.1 Å². The summed E-state index contributed by atoms with van der Waals surface area (Å²) in [5.74, 6) is -0.318. The van der Waals surface area contributed by atoms with Crippen LogP contribution in [-0.2, 0) is 27.3 Å². The zero-order valence-corrected chi connectivity index (χ0v) is 25.1. The van der Waals surface area contributed by atoms with Crippen LogP contribution in [0.1, 0.15) is 62.1 Å². The molecule has 222 valence electrons. The van der Waals surface area contributed by atoms with Crippen molar-refractivity contribution in [2.45, 2.75) is 58.4 Å². The molecular formula is C36H39N3O4. The van der Waals surface area contributed by atoms with Crippen molar-refractivity contribution in [3.05, 3.63) is 118 Å². The molecule has 4 aromatic rings. The topological polar surface area (TPSA) is 90.3 Å². The fourth-order valence-electron chi connectivity index (χ4n) is 6.09. The molecule has 1 heterocycles. The van der Waals surface area contributed by atoms with Crippen LogP contribution in [-0.4, -0.2) is 28.8 Å². The fraction of sp³-hybridized carbons (Fsp3) is 0.333. The highest BCUT2D eigenvalue weighted by molar-refractivity contribution is 5.96. The summed E-state index contributed by atoms with van der Waals surface area (Å²) in [6, 6.07) is 28.8. The third-order valence-corrected chi connectivity index (χ3v) is 8.34. The first-order valence-electron chi connectivity index (χ1n) is 14.9. The minimum atomic E-state index is -0.672. The van der Waals surface area contributed by atoms with Gasteiger partial charge in [-0.05, 0) is 73.9 Å². The molecule has 0 spiro atoms. The van der Waals surface area contributed by atoms with Gasteiger partial charge in [-0.3, -0.25) is 14.4 Å². The Morgan fingerprint density at radius 3 is 2.35 bits per heavy atom. The van der Waals surface area contributed by atoms with Crippen LogP contribution in [0.2, 0.25) is 0 Å². The van der Waals surface area contributed by atoms with E-state index in [1.165, 1.54) is 11.8 Å². The summed E-state index contributed by atoms with van der Waals surface area (Å²) in [5, 5.41) is 7.75. The molecule has 1 unspecified atom stereocenters. The Balaban J connectivity index is 1.33. The first-order chi connectivity index (χ1) is 20.7. The number of esters is 1. The number of carbonyl (C=O) groups excluding carboxylic acids is 2. The van der Waals surface area contributed by atoms with E-state index in [0.29, 0.717) is 18.7 Å². The second-order valence-corrected chi connectivity index (χ2v) is 12.1. The normalized spacial score (nSPS) is 14.3. The molecule has 0 aliphatic heterocycles. The second kappa shape index (κ2) is 13.2. The van der Waals surface area contributed by atoms with Gasteiger partial charge in [-0.2, -0.15) is 5.10 Å². The van der Waals surface area contributed by atoms with Crippen LogP contribution >= 0.6 is 0 Å². The van der Waals surface area contributed by atoms with Gasteiger partial charge >= 0.3 is 5.97 Å². The van der Waals surface area contributed by atoms with Crippen molar-refractivity contribution in [3.8, 4) is 11.3 Å². The maximum Gasteiger partial charge on any atom is 0.311 e. The second-order valence-electron chi connectivity index (χ2n) is 12.1. The minimum Gasteiger partial charge on any atom is -0.469 e. The Morgan fingerprint density at radius 1 is 0.930 bits per heavy atom. The summed E-state index contributed by atoms with van der Waals surface area (Å²) in [6.07, 6.45) is 4.77. The molecule has 1 fully saturated rings. The summed E-state index contributed by atoms with van der Waals surface area (Å²) in [7, 11) is 1.40. The number of nitrogens with one attached hydrogen (secondary N) is 1. The van der Waals surface area contributed by atoms with Crippen LogP contribution < -0.4 is 10.9 Å². The van der Waals surface area contributed by atoms with Crippen molar-refractivity contribution in [1.82, 2.24) is 9.78 Å². The smallest absolute Gasteiger partial charge is 0.311 e. The summed E-state index contributed by atoms with van der Waals surface area (Å²) < 4.78 is 6.44. The van der Waals surface area contributed by atoms with E-state index in [1.807, 2.05) is 92.7 Å². The fourth-order valence-corrected chi connectivity index (χ4v) is 6.09. The molecule has 0 saturated heterocycles. The zero-order chi connectivity index (χ0) is 30.4. The van der Waals surface area contributed by atoms with Crippen LogP contribution in [0.4, 0.5) is 5.69 Å². The summed E-state index contributed by atoms with van der Waals surface area (Å²) >= 11 is 0. The SMILES string of the molecule is COC(=O)C(C)(C)Cc1cccc(NC(=O)C(c2ccc(Cn3nc(-c4ccccc4)ccc3=O)cc2)C2CCCC2)c1. The first-order valence-corrected chi connectivity index (χ1v) is 14.9. The van der Waals surface area contributed by atoms with Gasteiger partial charge in [0, 0.05) is 17.3 Å². The Hall–Kier alpha value is -4.52. The molecule has 1 aliphatic carbocycles. The third-order valence-electron chi connectivity index (χ3n) is 8.34. The first kappa shape index (κ1) is 30.0. The number of anilines is 1. The molecule has 1 N–H and O–H groups in total. The standard InChI is InChI=1S/C36H39N3O4/c1-36(2,35(42)43-3)23-26-10-9-15-30(22-26)37-34(41)33(28-13-7-8-14-28)29-18-16-25(17-19-29)24-39-32(40)21-20-31(38-39)27-11-5-4-6-12-27/h4-6,9-12,15-22,28,33H,7-8,13-14,23-24H2,1-3H3,(H,37,41). The van der Waals surface area contributed by atoms with E-state index in [9.17, 15) is 14.4 Å². The lowest BCUT2D eigenvalue weighted by Gasteiger charge is -2.24. The molecule has 1 aromatic heterocycles. The van der Waals surface area contributed by atoms with Gasteiger partial charge in [-0.15, -0.1) is 0 Å². The number of benzene rings is 3. The lowest BCUT2D eigenvalue weighted by molar-refractivity contribution is -0.150. The highest BCUT2D eigenvalue weighted by Gasteiger charge is 2.33. The number of hydrogen-bond acceptors (Lipinski definition) is 5.